The maximum atomic E-state index is 12.8. The van der Waals surface area contributed by atoms with Gasteiger partial charge in [-0.15, -0.1) is 0 Å². The Morgan fingerprint density at radius 3 is 2.26 bits per heavy atom. The summed E-state index contributed by atoms with van der Waals surface area (Å²) in [5, 5.41) is 0. The lowest BCUT2D eigenvalue weighted by Crippen LogP contribution is -2.29. The first kappa shape index (κ1) is 21.1. The SMILES string of the molecule is CCCCCCCCC(=O)N(Cc1ccc(N(C)C)cc1)Cc1ccco1. The minimum atomic E-state index is 0.207. The van der Waals surface area contributed by atoms with Crippen molar-refractivity contribution in [3.63, 3.8) is 0 Å². The van der Waals surface area contributed by atoms with E-state index in [1.165, 1.54) is 25.7 Å². The van der Waals surface area contributed by atoms with Gasteiger partial charge in [-0.05, 0) is 36.2 Å². The van der Waals surface area contributed by atoms with Gasteiger partial charge in [0.2, 0.25) is 5.91 Å². The fraction of sp³-hybridized carbons (Fsp3) is 0.522. The highest BCUT2D eigenvalue weighted by molar-refractivity contribution is 5.76. The number of hydrogen-bond donors (Lipinski definition) is 0. The van der Waals surface area contributed by atoms with Crippen molar-refractivity contribution in [2.75, 3.05) is 19.0 Å². The molecule has 0 fully saturated rings. The third-order valence-electron chi connectivity index (χ3n) is 4.85. The van der Waals surface area contributed by atoms with Crippen LogP contribution >= 0.6 is 0 Å². The molecule has 27 heavy (non-hydrogen) atoms. The lowest BCUT2D eigenvalue weighted by atomic mass is 10.1. The van der Waals surface area contributed by atoms with E-state index >= 15 is 0 Å². The molecule has 0 saturated carbocycles. The van der Waals surface area contributed by atoms with Gasteiger partial charge in [0.05, 0.1) is 12.8 Å². The molecule has 1 aromatic carbocycles. The number of furan rings is 1. The molecule has 0 atom stereocenters. The Hall–Kier alpha value is -2.23. The van der Waals surface area contributed by atoms with E-state index in [2.05, 4.69) is 36.1 Å². The Balaban J connectivity index is 1.92. The van der Waals surface area contributed by atoms with Crippen molar-refractivity contribution in [1.29, 1.82) is 0 Å². The largest absolute Gasteiger partial charge is 0.467 e. The van der Waals surface area contributed by atoms with Gasteiger partial charge in [-0.3, -0.25) is 4.79 Å². The number of nitrogens with zero attached hydrogens (tertiary/aromatic N) is 2. The molecular formula is C23H34N2O2. The van der Waals surface area contributed by atoms with Gasteiger partial charge in [0, 0.05) is 32.7 Å². The van der Waals surface area contributed by atoms with Crippen LogP contribution in [0.25, 0.3) is 0 Å². The zero-order valence-corrected chi connectivity index (χ0v) is 17.1. The number of anilines is 1. The van der Waals surface area contributed by atoms with Gasteiger partial charge in [-0.1, -0.05) is 51.2 Å². The third kappa shape index (κ3) is 7.49. The summed E-state index contributed by atoms with van der Waals surface area (Å²) in [4.78, 5) is 16.8. The molecule has 4 nitrogen and oxygen atoms in total. The zero-order chi connectivity index (χ0) is 19.5. The molecule has 0 radical (unpaired) electrons. The van der Waals surface area contributed by atoms with Gasteiger partial charge in [-0.2, -0.15) is 0 Å². The molecule has 0 unspecified atom stereocenters. The van der Waals surface area contributed by atoms with Crippen molar-refractivity contribution in [1.82, 2.24) is 4.90 Å². The number of carbonyl (C=O) groups is 1. The molecule has 0 saturated heterocycles. The van der Waals surface area contributed by atoms with E-state index in [4.69, 9.17) is 4.42 Å². The Labute approximate surface area is 164 Å². The Kier molecular flexibility index (Phi) is 8.96. The number of carbonyl (C=O) groups excluding carboxylic acids is 1. The average Bonchev–Trinajstić information content (AvgIpc) is 3.17. The van der Waals surface area contributed by atoms with Crippen LogP contribution in [-0.2, 0) is 17.9 Å². The van der Waals surface area contributed by atoms with Crippen LogP contribution in [0.1, 0.15) is 63.2 Å². The quantitative estimate of drug-likeness (QED) is 0.455. The minimum absolute atomic E-state index is 0.207. The van der Waals surface area contributed by atoms with Crippen molar-refractivity contribution in [3.8, 4) is 0 Å². The Morgan fingerprint density at radius 2 is 1.63 bits per heavy atom. The molecule has 148 valence electrons. The Morgan fingerprint density at radius 1 is 0.926 bits per heavy atom. The summed E-state index contributed by atoms with van der Waals surface area (Å²) in [7, 11) is 4.06. The second-order valence-corrected chi connectivity index (χ2v) is 7.41. The van der Waals surface area contributed by atoms with Gasteiger partial charge in [0.25, 0.3) is 0 Å². The van der Waals surface area contributed by atoms with Crippen molar-refractivity contribution in [2.45, 2.75) is 65.0 Å². The monoisotopic (exact) mass is 370 g/mol. The first-order valence-electron chi connectivity index (χ1n) is 10.2. The molecule has 2 rings (SSSR count). The number of amides is 1. The Bertz CT molecular complexity index is 648. The first-order valence-corrected chi connectivity index (χ1v) is 10.2. The molecule has 1 heterocycles. The van der Waals surface area contributed by atoms with Crippen LogP contribution in [0.4, 0.5) is 5.69 Å². The highest BCUT2D eigenvalue weighted by atomic mass is 16.3. The van der Waals surface area contributed by atoms with Crippen LogP contribution in [0.15, 0.2) is 47.1 Å². The second kappa shape index (κ2) is 11.5. The van der Waals surface area contributed by atoms with Crippen LogP contribution in [0, 0.1) is 0 Å². The smallest absolute Gasteiger partial charge is 0.223 e. The standard InChI is InChI=1S/C23H34N2O2/c1-4-5-6-7-8-9-12-23(26)25(19-22-11-10-17-27-22)18-20-13-15-21(16-14-20)24(2)3/h10-11,13-17H,4-9,12,18-19H2,1-3H3. The van der Waals surface area contributed by atoms with E-state index in [-0.39, 0.29) is 5.91 Å². The molecule has 4 heteroatoms. The number of benzene rings is 1. The van der Waals surface area contributed by atoms with Gasteiger partial charge in [0.15, 0.2) is 0 Å². The zero-order valence-electron chi connectivity index (χ0n) is 17.1. The summed E-state index contributed by atoms with van der Waals surface area (Å²) < 4.78 is 5.47. The molecule has 1 aromatic heterocycles. The fourth-order valence-corrected chi connectivity index (χ4v) is 3.16. The van der Waals surface area contributed by atoms with E-state index in [0.29, 0.717) is 19.5 Å². The predicted octanol–water partition coefficient (Wildman–Crippen LogP) is 5.63. The summed E-state index contributed by atoms with van der Waals surface area (Å²) in [6.07, 6.45) is 9.43. The van der Waals surface area contributed by atoms with Crippen LogP contribution in [0.2, 0.25) is 0 Å². The molecule has 0 aliphatic heterocycles. The number of hydrogen-bond acceptors (Lipinski definition) is 3. The lowest BCUT2D eigenvalue weighted by molar-refractivity contribution is -0.132. The first-order chi connectivity index (χ1) is 13.1. The fourth-order valence-electron chi connectivity index (χ4n) is 3.16. The molecule has 0 aliphatic rings. The maximum absolute atomic E-state index is 12.8. The molecular weight excluding hydrogens is 336 g/mol. The minimum Gasteiger partial charge on any atom is -0.467 e. The van der Waals surface area contributed by atoms with Crippen LogP contribution in [-0.4, -0.2) is 24.9 Å². The molecule has 1 amide bonds. The van der Waals surface area contributed by atoms with Crippen molar-refractivity contribution < 1.29 is 9.21 Å². The van der Waals surface area contributed by atoms with E-state index in [1.54, 1.807) is 6.26 Å². The van der Waals surface area contributed by atoms with Crippen molar-refractivity contribution >= 4 is 11.6 Å². The highest BCUT2D eigenvalue weighted by Gasteiger charge is 2.16. The van der Waals surface area contributed by atoms with Gasteiger partial charge in [-0.25, -0.2) is 0 Å². The van der Waals surface area contributed by atoms with E-state index < -0.39 is 0 Å². The summed E-state index contributed by atoms with van der Waals surface area (Å²) >= 11 is 0. The summed E-state index contributed by atoms with van der Waals surface area (Å²) in [6.45, 7) is 3.36. The number of unbranched alkanes of at least 4 members (excludes halogenated alkanes) is 5. The van der Waals surface area contributed by atoms with Crippen molar-refractivity contribution in [2.24, 2.45) is 0 Å². The second-order valence-electron chi connectivity index (χ2n) is 7.41. The molecule has 0 aliphatic carbocycles. The maximum Gasteiger partial charge on any atom is 0.223 e. The summed E-state index contributed by atoms with van der Waals surface area (Å²) in [5.41, 5.74) is 2.30. The van der Waals surface area contributed by atoms with Crippen LogP contribution in [0.3, 0.4) is 0 Å². The summed E-state index contributed by atoms with van der Waals surface area (Å²) in [5.74, 6) is 1.04. The molecule has 0 N–H and O–H groups in total. The van der Waals surface area contributed by atoms with Gasteiger partial charge >= 0.3 is 0 Å². The molecule has 0 bridgehead atoms. The summed E-state index contributed by atoms with van der Waals surface area (Å²) in [6, 6.07) is 12.2. The predicted molar refractivity (Wildman–Crippen MR) is 112 cm³/mol. The number of rotatable bonds is 12. The topological polar surface area (TPSA) is 36.7 Å². The average molecular weight is 371 g/mol. The highest BCUT2D eigenvalue weighted by Crippen LogP contribution is 2.17. The van der Waals surface area contributed by atoms with E-state index in [9.17, 15) is 4.79 Å². The molecule has 2 aromatic rings. The lowest BCUT2D eigenvalue weighted by Gasteiger charge is -2.22. The van der Waals surface area contributed by atoms with Crippen molar-refractivity contribution in [3.05, 3.63) is 54.0 Å². The van der Waals surface area contributed by atoms with Crippen LogP contribution < -0.4 is 4.90 Å². The van der Waals surface area contributed by atoms with E-state index in [0.717, 1.165) is 29.9 Å². The van der Waals surface area contributed by atoms with Crippen LogP contribution in [0.5, 0.6) is 0 Å². The van der Waals surface area contributed by atoms with Gasteiger partial charge < -0.3 is 14.2 Å². The van der Waals surface area contributed by atoms with E-state index in [1.807, 2.05) is 31.1 Å². The third-order valence-corrected chi connectivity index (χ3v) is 4.85. The normalized spacial score (nSPS) is 10.8. The molecule has 0 spiro atoms. The van der Waals surface area contributed by atoms with Gasteiger partial charge in [0.1, 0.15) is 5.76 Å².